The first-order chi connectivity index (χ1) is 20.5. The Kier molecular flexibility index (Phi) is 7.91. The molecule has 7 nitrogen and oxygen atoms in total. The van der Waals surface area contributed by atoms with Crippen molar-refractivity contribution >= 4 is 33.6 Å². The van der Waals surface area contributed by atoms with E-state index in [4.69, 9.17) is 19.6 Å². The van der Waals surface area contributed by atoms with Crippen molar-refractivity contribution in [3.8, 4) is 5.75 Å². The standard InChI is InChI=1S/C34H29BrN2O5/c35-28-15-11-23(12-16-28)30-34(36-31(42-30)24-13-17-29(18-14-24)41-20-6-19-38)21-26-9-4-5-10-27(26)22-37(33(34)40)32(39)25-7-2-1-3-8-25/h1-5,7-18,30,38H,6,19-22H2/t30-,34-/m0/s1. The van der Waals surface area contributed by atoms with Gasteiger partial charge in [-0.15, -0.1) is 0 Å². The number of nitrogens with zero attached hydrogens (tertiary/aromatic N) is 2. The molecule has 0 bridgehead atoms. The first kappa shape index (κ1) is 27.9. The van der Waals surface area contributed by atoms with E-state index in [0.29, 0.717) is 35.8 Å². The predicted octanol–water partition coefficient (Wildman–Crippen LogP) is 5.89. The van der Waals surface area contributed by atoms with Gasteiger partial charge >= 0.3 is 0 Å². The summed E-state index contributed by atoms with van der Waals surface area (Å²) in [6.45, 7) is 0.604. The van der Waals surface area contributed by atoms with Crippen molar-refractivity contribution in [1.82, 2.24) is 4.90 Å². The number of aliphatic hydroxyl groups excluding tert-OH is 1. The molecule has 0 radical (unpaired) electrons. The predicted molar refractivity (Wildman–Crippen MR) is 162 cm³/mol. The van der Waals surface area contributed by atoms with Crippen LogP contribution >= 0.6 is 15.9 Å². The van der Waals surface area contributed by atoms with Crippen LogP contribution in [-0.2, 0) is 22.5 Å². The molecule has 0 aliphatic carbocycles. The maximum Gasteiger partial charge on any atom is 0.262 e. The molecule has 2 amide bonds. The monoisotopic (exact) mass is 624 g/mol. The molecule has 2 aliphatic rings. The van der Waals surface area contributed by atoms with Gasteiger partial charge in [0.25, 0.3) is 11.8 Å². The highest BCUT2D eigenvalue weighted by molar-refractivity contribution is 9.10. The van der Waals surface area contributed by atoms with Gasteiger partial charge in [-0.05, 0) is 65.2 Å². The van der Waals surface area contributed by atoms with E-state index in [-0.39, 0.29) is 25.5 Å². The minimum absolute atomic E-state index is 0.0587. The Balaban J connectivity index is 1.47. The van der Waals surface area contributed by atoms with Crippen molar-refractivity contribution in [3.63, 3.8) is 0 Å². The zero-order valence-corrected chi connectivity index (χ0v) is 24.4. The molecular weight excluding hydrogens is 596 g/mol. The van der Waals surface area contributed by atoms with Crippen molar-refractivity contribution in [2.24, 2.45) is 4.99 Å². The zero-order chi connectivity index (χ0) is 29.1. The first-order valence-corrected chi connectivity index (χ1v) is 14.6. The third kappa shape index (κ3) is 5.35. The summed E-state index contributed by atoms with van der Waals surface area (Å²) in [6, 6.07) is 31.6. The minimum atomic E-state index is -1.42. The van der Waals surface area contributed by atoms with Crippen LogP contribution in [0.1, 0.15) is 45.1 Å². The number of carbonyl (C=O) groups is 2. The molecule has 0 saturated carbocycles. The van der Waals surface area contributed by atoms with Crippen LogP contribution in [0, 0.1) is 0 Å². The number of ether oxygens (including phenoxy) is 2. The van der Waals surface area contributed by atoms with Crippen LogP contribution in [0.25, 0.3) is 0 Å². The molecule has 2 atom stereocenters. The minimum Gasteiger partial charge on any atom is -0.494 e. The molecule has 4 aromatic carbocycles. The van der Waals surface area contributed by atoms with Crippen molar-refractivity contribution in [3.05, 3.63) is 135 Å². The lowest BCUT2D eigenvalue weighted by Gasteiger charge is -2.32. The summed E-state index contributed by atoms with van der Waals surface area (Å²) >= 11 is 3.50. The number of hydrogen-bond acceptors (Lipinski definition) is 6. The lowest BCUT2D eigenvalue weighted by atomic mass is 9.82. The summed E-state index contributed by atoms with van der Waals surface area (Å²) in [4.78, 5) is 35.0. The third-order valence-electron chi connectivity index (χ3n) is 7.60. The van der Waals surface area contributed by atoms with Crippen molar-refractivity contribution in [1.29, 1.82) is 0 Å². The van der Waals surface area contributed by atoms with Gasteiger partial charge in [-0.2, -0.15) is 0 Å². The largest absolute Gasteiger partial charge is 0.494 e. The van der Waals surface area contributed by atoms with E-state index in [0.717, 1.165) is 21.2 Å². The number of hydrogen-bond donors (Lipinski definition) is 1. The molecule has 0 aromatic heterocycles. The lowest BCUT2D eigenvalue weighted by molar-refractivity contribution is -0.137. The Hall–Kier alpha value is -4.27. The maximum atomic E-state index is 14.7. The highest BCUT2D eigenvalue weighted by atomic mass is 79.9. The van der Waals surface area contributed by atoms with Crippen molar-refractivity contribution < 1.29 is 24.2 Å². The molecule has 4 aromatic rings. The fourth-order valence-electron chi connectivity index (χ4n) is 5.46. The Labute approximate surface area is 252 Å². The van der Waals surface area contributed by atoms with Crippen molar-refractivity contribution in [2.75, 3.05) is 13.2 Å². The topological polar surface area (TPSA) is 88.4 Å². The second-order valence-electron chi connectivity index (χ2n) is 10.3. The molecule has 212 valence electrons. The number of fused-ring (bicyclic) bond motifs is 1. The molecule has 1 N–H and O–H groups in total. The van der Waals surface area contributed by atoms with Gasteiger partial charge in [0.15, 0.2) is 11.6 Å². The highest BCUT2D eigenvalue weighted by Gasteiger charge is 2.57. The van der Waals surface area contributed by atoms with E-state index >= 15 is 0 Å². The van der Waals surface area contributed by atoms with Crippen LogP contribution in [0.4, 0.5) is 0 Å². The van der Waals surface area contributed by atoms with Gasteiger partial charge in [-0.3, -0.25) is 14.5 Å². The lowest BCUT2D eigenvalue weighted by Crippen LogP contribution is -2.51. The molecule has 0 fully saturated rings. The van der Waals surface area contributed by atoms with Crippen LogP contribution in [-0.4, -0.2) is 46.5 Å². The van der Waals surface area contributed by atoms with Gasteiger partial charge < -0.3 is 14.6 Å². The summed E-state index contributed by atoms with van der Waals surface area (Å²) in [5, 5.41) is 9.04. The zero-order valence-electron chi connectivity index (χ0n) is 22.8. The fourth-order valence-corrected chi connectivity index (χ4v) is 5.72. The quantitative estimate of drug-likeness (QED) is 0.204. The number of amides is 2. The van der Waals surface area contributed by atoms with Crippen LogP contribution in [0.5, 0.6) is 5.75 Å². The highest BCUT2D eigenvalue weighted by Crippen LogP contribution is 2.45. The average Bonchev–Trinajstić information content (AvgIpc) is 3.35. The molecular formula is C34H29BrN2O5. The van der Waals surface area contributed by atoms with E-state index in [1.54, 1.807) is 24.3 Å². The smallest absolute Gasteiger partial charge is 0.262 e. The maximum absolute atomic E-state index is 14.7. The van der Waals surface area contributed by atoms with E-state index in [2.05, 4.69) is 15.9 Å². The summed E-state index contributed by atoms with van der Waals surface area (Å²) in [5.41, 5.74) is 2.32. The third-order valence-corrected chi connectivity index (χ3v) is 8.13. The summed E-state index contributed by atoms with van der Waals surface area (Å²) in [7, 11) is 0. The van der Waals surface area contributed by atoms with Gasteiger partial charge in [-0.1, -0.05) is 70.5 Å². The first-order valence-electron chi connectivity index (χ1n) is 13.8. The number of aliphatic imine (C=N–C) groups is 1. The number of carbonyl (C=O) groups excluding carboxylic acids is 2. The summed E-state index contributed by atoms with van der Waals surface area (Å²) in [5.74, 6) is 0.201. The van der Waals surface area contributed by atoms with E-state index in [9.17, 15) is 9.59 Å². The van der Waals surface area contributed by atoms with Gasteiger partial charge in [0.2, 0.25) is 5.90 Å². The van der Waals surface area contributed by atoms with Gasteiger partial charge in [0.1, 0.15) is 5.75 Å². The number of aliphatic hydroxyl groups is 1. The molecule has 1 spiro atoms. The Bertz CT molecular complexity index is 1620. The van der Waals surface area contributed by atoms with Gasteiger partial charge in [0, 0.05) is 35.0 Å². The van der Waals surface area contributed by atoms with E-state index < -0.39 is 17.6 Å². The molecule has 42 heavy (non-hydrogen) atoms. The van der Waals surface area contributed by atoms with Crippen LogP contribution in [0.15, 0.2) is 113 Å². The van der Waals surface area contributed by atoms with Gasteiger partial charge in [-0.25, -0.2) is 4.99 Å². The number of halogens is 1. The Morgan fingerprint density at radius 3 is 2.36 bits per heavy atom. The molecule has 2 heterocycles. The normalized spacial score (nSPS) is 19.6. The number of imide groups is 1. The van der Waals surface area contributed by atoms with E-state index in [1.165, 1.54) is 4.90 Å². The average molecular weight is 626 g/mol. The number of rotatable bonds is 7. The molecule has 6 rings (SSSR count). The number of benzene rings is 4. The second-order valence-corrected chi connectivity index (χ2v) is 11.3. The molecule has 8 heteroatoms. The van der Waals surface area contributed by atoms with Gasteiger partial charge in [0.05, 0.1) is 13.2 Å². The van der Waals surface area contributed by atoms with Crippen molar-refractivity contribution in [2.45, 2.75) is 31.0 Å². The van der Waals surface area contributed by atoms with Crippen LogP contribution < -0.4 is 4.74 Å². The Morgan fingerprint density at radius 2 is 1.64 bits per heavy atom. The van der Waals surface area contributed by atoms with E-state index in [1.807, 2.05) is 78.9 Å². The molecule has 0 unspecified atom stereocenters. The summed E-state index contributed by atoms with van der Waals surface area (Å²) in [6.07, 6.45) is 0.0370. The summed E-state index contributed by atoms with van der Waals surface area (Å²) < 4.78 is 13.2. The second kappa shape index (κ2) is 11.9. The van der Waals surface area contributed by atoms with Crippen LogP contribution in [0.3, 0.4) is 0 Å². The SMILES string of the molecule is O=C(c1ccccc1)N1Cc2ccccc2C[C@@]2(N=C(c3ccc(OCCCO)cc3)O[C@H]2c2ccc(Br)cc2)C1=O. The Morgan fingerprint density at radius 1 is 0.952 bits per heavy atom. The molecule has 0 saturated heterocycles. The fraction of sp³-hybridized carbons (Fsp3) is 0.206. The van der Waals surface area contributed by atoms with Crippen LogP contribution in [0.2, 0.25) is 0 Å². The molecule has 2 aliphatic heterocycles.